The number of nitrogens with one attached hydrogen (secondary N) is 1. The van der Waals surface area contributed by atoms with E-state index in [0.29, 0.717) is 0 Å². The smallest absolute Gasteiger partial charge is 0.123 e. The molecular formula is C17H25N3O. The first-order valence-electron chi connectivity index (χ1n) is 7.94. The number of nitrogen functional groups attached to an aromatic ring is 1. The third-order valence-corrected chi connectivity index (χ3v) is 5.09. The highest BCUT2D eigenvalue weighted by Gasteiger charge is 2.35. The van der Waals surface area contributed by atoms with E-state index in [1.54, 1.807) is 7.11 Å². The Hall–Kier alpha value is -1.55. The van der Waals surface area contributed by atoms with Gasteiger partial charge in [0.15, 0.2) is 0 Å². The first-order chi connectivity index (χ1) is 10.2. The van der Waals surface area contributed by atoms with E-state index in [-0.39, 0.29) is 5.84 Å². The fourth-order valence-corrected chi connectivity index (χ4v) is 3.99. The van der Waals surface area contributed by atoms with Gasteiger partial charge in [-0.25, -0.2) is 0 Å². The Morgan fingerprint density at radius 3 is 2.90 bits per heavy atom. The van der Waals surface area contributed by atoms with Gasteiger partial charge in [0.2, 0.25) is 0 Å². The van der Waals surface area contributed by atoms with Crippen molar-refractivity contribution >= 4 is 5.84 Å². The zero-order chi connectivity index (χ0) is 14.8. The van der Waals surface area contributed by atoms with Gasteiger partial charge < -0.3 is 10.5 Å². The maximum Gasteiger partial charge on any atom is 0.123 e. The minimum atomic E-state index is 0.121. The number of nitrogens with two attached hydrogens (primary N) is 1. The van der Waals surface area contributed by atoms with E-state index in [9.17, 15) is 0 Å². The topological polar surface area (TPSA) is 62.3 Å². The summed E-state index contributed by atoms with van der Waals surface area (Å²) in [6.45, 7) is 2.09. The molecule has 1 aliphatic heterocycles. The minimum Gasteiger partial charge on any atom is -0.496 e. The van der Waals surface area contributed by atoms with E-state index in [4.69, 9.17) is 15.9 Å². The molecule has 0 bridgehead atoms. The molecule has 3 N–H and O–H groups in total. The van der Waals surface area contributed by atoms with E-state index < -0.39 is 0 Å². The van der Waals surface area contributed by atoms with Gasteiger partial charge in [-0.2, -0.15) is 0 Å². The summed E-state index contributed by atoms with van der Waals surface area (Å²) in [5.74, 6) is 1.91. The molecule has 2 fully saturated rings. The van der Waals surface area contributed by atoms with Gasteiger partial charge in [-0.15, -0.1) is 0 Å². The van der Waals surface area contributed by atoms with Crippen molar-refractivity contribution in [1.82, 2.24) is 4.90 Å². The van der Waals surface area contributed by atoms with Crippen LogP contribution in [0.15, 0.2) is 18.2 Å². The van der Waals surface area contributed by atoms with Crippen molar-refractivity contribution in [2.75, 3.05) is 13.7 Å². The predicted octanol–water partition coefficient (Wildman–Crippen LogP) is 2.74. The number of rotatable bonds is 4. The maximum absolute atomic E-state index is 7.61. The highest BCUT2D eigenvalue weighted by Crippen LogP contribution is 2.37. The van der Waals surface area contributed by atoms with E-state index in [1.165, 1.54) is 38.6 Å². The second-order valence-electron chi connectivity index (χ2n) is 6.31. The van der Waals surface area contributed by atoms with Crippen LogP contribution in [0.5, 0.6) is 5.75 Å². The second kappa shape index (κ2) is 6.06. The third-order valence-electron chi connectivity index (χ3n) is 5.09. The van der Waals surface area contributed by atoms with Crippen LogP contribution in [0.3, 0.4) is 0 Å². The van der Waals surface area contributed by atoms with Crippen LogP contribution in [0.25, 0.3) is 0 Å². The molecule has 1 aromatic rings. The molecule has 4 nitrogen and oxygen atoms in total. The number of nitrogens with zero attached hydrogens (tertiary/aromatic N) is 1. The fraction of sp³-hybridized carbons (Fsp3) is 0.588. The molecule has 1 saturated carbocycles. The molecule has 0 radical (unpaired) electrons. The summed E-state index contributed by atoms with van der Waals surface area (Å²) in [4.78, 5) is 2.60. The lowest BCUT2D eigenvalue weighted by molar-refractivity contribution is 0.174. The van der Waals surface area contributed by atoms with Gasteiger partial charge >= 0.3 is 0 Å². The molecule has 1 aromatic carbocycles. The second-order valence-corrected chi connectivity index (χ2v) is 6.31. The van der Waals surface area contributed by atoms with E-state index in [2.05, 4.69) is 4.90 Å². The monoisotopic (exact) mass is 287 g/mol. The summed E-state index contributed by atoms with van der Waals surface area (Å²) < 4.78 is 5.49. The summed E-state index contributed by atoms with van der Waals surface area (Å²) in [6, 6.07) is 6.54. The predicted molar refractivity (Wildman–Crippen MR) is 84.8 cm³/mol. The summed E-state index contributed by atoms with van der Waals surface area (Å²) in [7, 11) is 1.71. The van der Waals surface area contributed by atoms with Crippen LogP contribution in [-0.2, 0) is 6.54 Å². The number of methoxy groups -OCH3 is 1. The number of benzene rings is 1. The average Bonchev–Trinajstić information content (AvgIpc) is 2.90. The Kier molecular flexibility index (Phi) is 4.15. The van der Waals surface area contributed by atoms with Crippen LogP contribution < -0.4 is 10.5 Å². The molecule has 3 rings (SSSR count). The van der Waals surface area contributed by atoms with Crippen molar-refractivity contribution < 1.29 is 4.74 Å². The zero-order valence-electron chi connectivity index (χ0n) is 12.8. The van der Waals surface area contributed by atoms with Gasteiger partial charge in [-0.05, 0) is 49.9 Å². The first kappa shape index (κ1) is 14.4. The van der Waals surface area contributed by atoms with Crippen molar-refractivity contribution in [2.24, 2.45) is 11.7 Å². The molecule has 4 heteroatoms. The number of hydrogen-bond acceptors (Lipinski definition) is 3. The molecule has 2 atom stereocenters. The highest BCUT2D eigenvalue weighted by molar-refractivity contribution is 5.95. The van der Waals surface area contributed by atoms with Crippen LogP contribution >= 0.6 is 0 Å². The van der Waals surface area contributed by atoms with Crippen molar-refractivity contribution in [3.8, 4) is 5.75 Å². The van der Waals surface area contributed by atoms with E-state index in [1.807, 2.05) is 18.2 Å². The zero-order valence-corrected chi connectivity index (χ0v) is 12.8. The number of likely N-dealkylation sites (tertiary alicyclic amines) is 1. The van der Waals surface area contributed by atoms with Gasteiger partial charge in [0, 0.05) is 23.7 Å². The SMILES string of the molecule is COc1ccc(C(=N)N)cc1CN1CCC2CCCCC21. The molecule has 114 valence electrons. The van der Waals surface area contributed by atoms with Gasteiger partial charge in [0.05, 0.1) is 7.11 Å². The lowest BCUT2D eigenvalue weighted by Crippen LogP contribution is -2.34. The molecule has 0 spiro atoms. The molecule has 21 heavy (non-hydrogen) atoms. The third kappa shape index (κ3) is 2.91. The summed E-state index contributed by atoms with van der Waals surface area (Å²) in [5, 5.41) is 7.61. The Morgan fingerprint density at radius 1 is 1.33 bits per heavy atom. The lowest BCUT2D eigenvalue weighted by atomic mass is 9.85. The van der Waals surface area contributed by atoms with Crippen molar-refractivity contribution in [1.29, 1.82) is 5.41 Å². The minimum absolute atomic E-state index is 0.121. The maximum atomic E-state index is 7.61. The fourth-order valence-electron chi connectivity index (χ4n) is 3.99. The van der Waals surface area contributed by atoms with Crippen LogP contribution in [-0.4, -0.2) is 30.4 Å². The standard InChI is InChI=1S/C17H25N3O/c1-21-16-7-6-13(17(18)19)10-14(16)11-20-9-8-12-4-2-3-5-15(12)20/h6-7,10,12,15H,2-5,8-9,11H2,1H3,(H3,18,19). The van der Waals surface area contributed by atoms with E-state index >= 15 is 0 Å². The molecule has 2 unspecified atom stereocenters. The Labute approximate surface area is 126 Å². The Balaban J connectivity index is 1.80. The van der Waals surface area contributed by atoms with Crippen LogP contribution in [0, 0.1) is 11.3 Å². The van der Waals surface area contributed by atoms with E-state index in [0.717, 1.165) is 35.4 Å². The Morgan fingerprint density at radius 2 is 2.14 bits per heavy atom. The number of ether oxygens (including phenoxy) is 1. The van der Waals surface area contributed by atoms with Crippen molar-refractivity contribution in [3.05, 3.63) is 29.3 Å². The van der Waals surface area contributed by atoms with Gasteiger partial charge in [0.1, 0.15) is 11.6 Å². The average molecular weight is 287 g/mol. The molecule has 1 saturated heterocycles. The quantitative estimate of drug-likeness (QED) is 0.661. The molecule has 0 amide bonds. The van der Waals surface area contributed by atoms with Gasteiger partial charge in [-0.1, -0.05) is 12.8 Å². The van der Waals surface area contributed by atoms with Crippen LogP contribution in [0.1, 0.15) is 43.2 Å². The normalized spacial score (nSPS) is 25.6. The first-order valence-corrected chi connectivity index (χ1v) is 7.94. The van der Waals surface area contributed by atoms with Crippen LogP contribution in [0.2, 0.25) is 0 Å². The van der Waals surface area contributed by atoms with Gasteiger partial charge in [-0.3, -0.25) is 10.3 Å². The largest absolute Gasteiger partial charge is 0.496 e. The molecule has 2 aliphatic rings. The summed E-state index contributed by atoms with van der Waals surface area (Å²) in [5.41, 5.74) is 7.55. The van der Waals surface area contributed by atoms with Crippen LogP contribution in [0.4, 0.5) is 0 Å². The summed E-state index contributed by atoms with van der Waals surface area (Å²) in [6.07, 6.45) is 6.82. The molecular weight excluding hydrogens is 262 g/mol. The lowest BCUT2D eigenvalue weighted by Gasteiger charge is -2.32. The number of amidine groups is 1. The van der Waals surface area contributed by atoms with Crippen molar-refractivity contribution in [2.45, 2.75) is 44.7 Å². The molecule has 1 aliphatic carbocycles. The number of fused-ring (bicyclic) bond motifs is 1. The van der Waals surface area contributed by atoms with Crippen molar-refractivity contribution in [3.63, 3.8) is 0 Å². The number of hydrogen-bond donors (Lipinski definition) is 2. The summed E-state index contributed by atoms with van der Waals surface area (Å²) >= 11 is 0. The Bertz CT molecular complexity index is 529. The highest BCUT2D eigenvalue weighted by atomic mass is 16.5. The van der Waals surface area contributed by atoms with Gasteiger partial charge in [0.25, 0.3) is 0 Å². The molecule has 0 aromatic heterocycles. The molecule has 1 heterocycles.